The van der Waals surface area contributed by atoms with Gasteiger partial charge in [0.2, 0.25) is 17.1 Å². The van der Waals surface area contributed by atoms with Gasteiger partial charge in [0, 0.05) is 72.0 Å². The van der Waals surface area contributed by atoms with E-state index in [4.69, 9.17) is 9.84 Å². The smallest absolute Gasteiger partial charge is 0.308 e. The predicted molar refractivity (Wildman–Crippen MR) is 251 cm³/mol. The second kappa shape index (κ2) is 19.1. The van der Waals surface area contributed by atoms with E-state index in [-0.39, 0.29) is 57.5 Å². The summed E-state index contributed by atoms with van der Waals surface area (Å²) in [4.78, 5) is 32.3. The molecule has 3 heterocycles. The molecular formula is C54H58IN3O5+2. The zero-order valence-corrected chi connectivity index (χ0v) is 40.3. The van der Waals surface area contributed by atoms with Crippen LogP contribution in [0.4, 0.5) is 17.1 Å². The zero-order chi connectivity index (χ0) is 45.1. The Morgan fingerprint density at radius 1 is 0.556 bits per heavy atom. The summed E-state index contributed by atoms with van der Waals surface area (Å²) in [6, 6.07) is 35.8. The van der Waals surface area contributed by atoms with E-state index in [0.717, 1.165) is 11.1 Å². The van der Waals surface area contributed by atoms with Gasteiger partial charge >= 0.3 is 5.97 Å². The van der Waals surface area contributed by atoms with Gasteiger partial charge in [-0.3, -0.25) is 14.4 Å². The molecule has 8 rings (SSSR count). The van der Waals surface area contributed by atoms with Crippen molar-refractivity contribution in [3.63, 3.8) is 0 Å². The number of phenols is 1. The molecule has 0 fully saturated rings. The minimum absolute atomic E-state index is 0. The number of para-hydroxylation sites is 3. The molecule has 0 unspecified atom stereocenters. The zero-order valence-electron chi connectivity index (χ0n) is 38.2. The van der Waals surface area contributed by atoms with Gasteiger partial charge in [-0.25, -0.2) is 4.58 Å². The molecule has 5 aromatic rings. The van der Waals surface area contributed by atoms with Crippen LogP contribution in [0.2, 0.25) is 0 Å². The molecule has 3 aliphatic heterocycles. The first-order valence-corrected chi connectivity index (χ1v) is 20.8. The Labute approximate surface area is 389 Å². The Morgan fingerprint density at radius 2 is 1.00 bits per heavy atom. The molecule has 324 valence electrons. The number of ether oxygens (including phenoxy) is 1. The number of carbonyl (C=O) groups excluding carboxylic acids is 3. The van der Waals surface area contributed by atoms with Gasteiger partial charge in [-0.2, -0.15) is 9.15 Å². The van der Waals surface area contributed by atoms with Gasteiger partial charge in [0.25, 0.3) is 0 Å². The third kappa shape index (κ3) is 9.49. The molecule has 0 bridgehead atoms. The van der Waals surface area contributed by atoms with Gasteiger partial charge in [0.1, 0.15) is 38.9 Å². The number of rotatable bonds is 7. The third-order valence-corrected chi connectivity index (χ3v) is 12.7. The molecule has 0 saturated heterocycles. The van der Waals surface area contributed by atoms with Gasteiger partial charge < -0.3 is 33.8 Å². The summed E-state index contributed by atoms with van der Waals surface area (Å²) in [6.07, 6.45) is 9.67. The van der Waals surface area contributed by atoms with Gasteiger partial charge in [0.05, 0.1) is 21.8 Å². The van der Waals surface area contributed by atoms with Crippen molar-refractivity contribution < 1.29 is 61.9 Å². The number of esters is 1. The summed E-state index contributed by atoms with van der Waals surface area (Å²) in [7, 11) is 6.37. The van der Waals surface area contributed by atoms with Crippen molar-refractivity contribution in [1.82, 2.24) is 0 Å². The van der Waals surface area contributed by atoms with Crippen molar-refractivity contribution in [3.8, 4) is 11.5 Å². The number of carbonyl (C=O) groups is 3. The normalized spacial score (nSPS) is 16.0. The highest BCUT2D eigenvalue weighted by Gasteiger charge is 2.44. The molecule has 5 aromatic carbocycles. The SMILES string of the molecule is CC(=O)Oc1ccc(/C=C/C2=[N+](C)c3ccccc3C2(C)C)cc1/C=C/C1=[N+](C)c2ccccc2C1(C)C.CC1=[N+](C)c2ccccc2C1(C)C.O=Cc1ccc(O)c(C=O)c1.[I-]. The minimum atomic E-state index is -0.330. The lowest BCUT2D eigenvalue weighted by molar-refractivity contribution is -0.403. The average molecular weight is 956 g/mol. The maximum absolute atomic E-state index is 11.8. The van der Waals surface area contributed by atoms with Crippen molar-refractivity contribution in [2.45, 2.75) is 71.6 Å². The summed E-state index contributed by atoms with van der Waals surface area (Å²) < 4.78 is 12.4. The van der Waals surface area contributed by atoms with Crippen LogP contribution in [0.5, 0.6) is 11.5 Å². The average Bonchev–Trinajstić information content (AvgIpc) is 3.66. The number of aldehydes is 2. The molecule has 0 saturated carbocycles. The van der Waals surface area contributed by atoms with Crippen molar-refractivity contribution >= 4 is 64.9 Å². The molecule has 0 amide bonds. The van der Waals surface area contributed by atoms with Crippen LogP contribution in [0, 0.1) is 0 Å². The second-order valence-corrected chi connectivity index (χ2v) is 17.6. The van der Waals surface area contributed by atoms with Gasteiger partial charge in [-0.1, -0.05) is 60.7 Å². The fourth-order valence-corrected chi connectivity index (χ4v) is 8.83. The first kappa shape index (κ1) is 48.0. The van der Waals surface area contributed by atoms with Crippen molar-refractivity contribution in [3.05, 3.63) is 160 Å². The minimum Gasteiger partial charge on any atom is -1.00 e. The molecule has 0 radical (unpaired) electrons. The molecular weight excluding hydrogens is 898 g/mol. The van der Waals surface area contributed by atoms with Gasteiger partial charge in [-0.05, 0) is 89.6 Å². The molecule has 3 aliphatic rings. The second-order valence-electron chi connectivity index (χ2n) is 17.6. The predicted octanol–water partition coefficient (Wildman–Crippen LogP) is 7.78. The number of hydrogen-bond donors (Lipinski definition) is 1. The topological polar surface area (TPSA) is 89.7 Å². The van der Waals surface area contributed by atoms with Gasteiger partial charge in [-0.15, -0.1) is 0 Å². The lowest BCUT2D eigenvalue weighted by Crippen LogP contribution is -3.00. The quantitative estimate of drug-likeness (QED) is 0.0593. The molecule has 0 atom stereocenters. The van der Waals surface area contributed by atoms with Crippen molar-refractivity contribution in [2.24, 2.45) is 0 Å². The summed E-state index contributed by atoms with van der Waals surface area (Å²) in [5.74, 6) is 0.121. The third-order valence-electron chi connectivity index (χ3n) is 12.7. The first-order valence-electron chi connectivity index (χ1n) is 20.8. The number of fused-ring (bicyclic) bond motifs is 3. The van der Waals surface area contributed by atoms with Crippen LogP contribution in [0.1, 0.15) is 104 Å². The van der Waals surface area contributed by atoms with Crippen molar-refractivity contribution in [2.75, 3.05) is 21.1 Å². The summed E-state index contributed by atoms with van der Waals surface area (Å²) in [5.41, 5.74) is 14.1. The summed E-state index contributed by atoms with van der Waals surface area (Å²) in [6.45, 7) is 17.2. The number of hydrogen-bond acceptors (Lipinski definition) is 5. The monoisotopic (exact) mass is 955 g/mol. The Bertz CT molecular complexity index is 2770. The van der Waals surface area contributed by atoms with Crippen LogP contribution in [0.3, 0.4) is 0 Å². The van der Waals surface area contributed by atoms with E-state index in [2.05, 4.69) is 187 Å². The van der Waals surface area contributed by atoms with E-state index in [1.165, 1.54) is 76.0 Å². The lowest BCUT2D eigenvalue weighted by Gasteiger charge is -2.15. The van der Waals surface area contributed by atoms with E-state index >= 15 is 0 Å². The molecule has 8 nitrogen and oxygen atoms in total. The van der Waals surface area contributed by atoms with Crippen LogP contribution >= 0.6 is 0 Å². The van der Waals surface area contributed by atoms with E-state index in [0.29, 0.717) is 23.9 Å². The molecule has 0 spiro atoms. The first-order chi connectivity index (χ1) is 29.3. The Balaban J connectivity index is 0.000000242. The van der Waals surface area contributed by atoms with Crippen LogP contribution in [0.25, 0.3) is 12.2 Å². The van der Waals surface area contributed by atoms with E-state index < -0.39 is 0 Å². The highest BCUT2D eigenvalue weighted by Crippen LogP contribution is 2.41. The number of aromatic hydroxyl groups is 1. The summed E-state index contributed by atoms with van der Waals surface area (Å²) >= 11 is 0. The maximum Gasteiger partial charge on any atom is 0.308 e. The molecule has 9 heteroatoms. The Hall–Kier alpha value is -6.07. The number of benzene rings is 5. The van der Waals surface area contributed by atoms with E-state index in [9.17, 15) is 14.4 Å². The van der Waals surface area contributed by atoms with Crippen LogP contribution in [-0.2, 0) is 21.0 Å². The van der Waals surface area contributed by atoms with Crippen LogP contribution in [-0.4, -0.2) is 75.7 Å². The van der Waals surface area contributed by atoms with Crippen molar-refractivity contribution in [1.29, 1.82) is 0 Å². The molecule has 1 N–H and O–H groups in total. The molecule has 0 aromatic heterocycles. The largest absolute Gasteiger partial charge is 1.00 e. The van der Waals surface area contributed by atoms with Gasteiger partial charge in [0.15, 0.2) is 23.4 Å². The highest BCUT2D eigenvalue weighted by molar-refractivity contribution is 6.06. The molecule has 63 heavy (non-hydrogen) atoms. The lowest BCUT2D eigenvalue weighted by atomic mass is 9.81. The highest BCUT2D eigenvalue weighted by atomic mass is 127. The number of allylic oxidation sites excluding steroid dienone is 2. The van der Waals surface area contributed by atoms with E-state index in [1.807, 2.05) is 12.1 Å². The molecule has 0 aliphatic carbocycles. The Morgan fingerprint density at radius 3 is 1.46 bits per heavy atom. The number of phenolic OH excluding ortho intramolecular Hbond substituents is 1. The standard InChI is InChI=1S/C34H36N2O2.C12H16N.C8H6O3.HI/c1-23(37)38-30-19-16-24(17-20-31-33(2,3)26-12-8-10-14-28(26)35(31)6)22-25(30)18-21-32-34(4,5)27-13-9-11-15-29(27)36(32)7;1-9-12(2,3)10-7-5-6-8-11(10)13(9)4;9-4-6-1-2-8(11)7(3-6)5-10;/h8-22H,1-7H3;5-8H,1-4H3;1-5,11H;1H/q+2;+1;;/p-1/b20-17+,21-18+;;;. The van der Waals surface area contributed by atoms with Crippen LogP contribution in [0.15, 0.2) is 121 Å². The fourth-order valence-electron chi connectivity index (χ4n) is 8.83. The van der Waals surface area contributed by atoms with Crippen LogP contribution < -0.4 is 28.7 Å². The van der Waals surface area contributed by atoms with E-state index in [1.54, 1.807) is 0 Å². The number of halogens is 1. The fraction of sp³-hybridized carbons (Fsp3) is 0.259. The summed E-state index contributed by atoms with van der Waals surface area (Å²) in [5, 5.41) is 8.98. The maximum atomic E-state index is 11.8. The number of nitrogens with zero attached hydrogens (tertiary/aromatic N) is 3. The Kier molecular flexibility index (Phi) is 14.6.